The number of hydrogen-bond donors (Lipinski definition) is 1. The average molecular weight is 285 g/mol. The minimum absolute atomic E-state index is 0.416. The number of allylic oxidation sites excluding steroid dienone is 1. The van der Waals surface area contributed by atoms with Crippen LogP contribution in [0, 0.1) is 5.92 Å². The van der Waals surface area contributed by atoms with E-state index in [2.05, 4.69) is 44.7 Å². The van der Waals surface area contributed by atoms with E-state index in [0.717, 1.165) is 13.0 Å². The van der Waals surface area contributed by atoms with Crippen molar-refractivity contribution >= 4 is 0 Å². The van der Waals surface area contributed by atoms with Crippen LogP contribution in [0.4, 0.5) is 0 Å². The number of nitrogens with zero attached hydrogens (tertiary/aromatic N) is 1. The van der Waals surface area contributed by atoms with Gasteiger partial charge in [-0.15, -0.1) is 0 Å². The van der Waals surface area contributed by atoms with E-state index in [1.807, 2.05) is 12.1 Å². The van der Waals surface area contributed by atoms with Crippen LogP contribution >= 0.6 is 0 Å². The van der Waals surface area contributed by atoms with Gasteiger partial charge in [0.2, 0.25) is 0 Å². The third-order valence-corrected chi connectivity index (χ3v) is 5.50. The van der Waals surface area contributed by atoms with Crippen molar-refractivity contribution in [3.8, 4) is 5.75 Å². The zero-order valence-electron chi connectivity index (χ0n) is 13.6. The molecule has 2 nitrogen and oxygen atoms in total. The average Bonchev–Trinajstić information content (AvgIpc) is 2.41. The minimum atomic E-state index is 0.416. The predicted molar refractivity (Wildman–Crippen MR) is 87.7 cm³/mol. The molecule has 0 radical (unpaired) electrons. The number of benzene rings is 1. The van der Waals surface area contributed by atoms with E-state index >= 15 is 0 Å². The van der Waals surface area contributed by atoms with Crippen molar-refractivity contribution in [1.29, 1.82) is 0 Å². The number of phenolic OH excluding ortho intramolecular Hbond substituents is 1. The van der Waals surface area contributed by atoms with Crippen molar-refractivity contribution in [3.63, 3.8) is 0 Å². The van der Waals surface area contributed by atoms with Crippen LogP contribution in [-0.2, 0) is 6.42 Å². The summed E-state index contributed by atoms with van der Waals surface area (Å²) in [4.78, 5) is 2.68. The molecule has 2 heteroatoms. The molecule has 1 aliphatic heterocycles. The lowest BCUT2D eigenvalue weighted by molar-refractivity contribution is 0.0405. The van der Waals surface area contributed by atoms with Crippen LogP contribution in [-0.4, -0.2) is 28.6 Å². The summed E-state index contributed by atoms with van der Waals surface area (Å²) >= 11 is 0. The maximum Gasteiger partial charge on any atom is 0.115 e. The van der Waals surface area contributed by atoms with Gasteiger partial charge in [0.05, 0.1) is 0 Å². The monoisotopic (exact) mass is 285 g/mol. The number of rotatable bonds is 2. The molecule has 0 amide bonds. The molecule has 1 aliphatic carbocycles. The van der Waals surface area contributed by atoms with Crippen LogP contribution in [0.15, 0.2) is 29.8 Å². The highest BCUT2D eigenvalue weighted by atomic mass is 16.3. The van der Waals surface area contributed by atoms with Crippen LogP contribution in [0.5, 0.6) is 5.75 Å². The molecular weight excluding hydrogens is 258 g/mol. The fourth-order valence-electron chi connectivity index (χ4n) is 4.27. The third-order valence-electron chi connectivity index (χ3n) is 5.50. The van der Waals surface area contributed by atoms with E-state index in [1.165, 1.54) is 23.1 Å². The molecule has 1 saturated heterocycles. The molecule has 4 atom stereocenters. The summed E-state index contributed by atoms with van der Waals surface area (Å²) in [7, 11) is 0. The minimum Gasteiger partial charge on any atom is -0.508 e. The molecule has 114 valence electrons. The Morgan fingerprint density at radius 2 is 2.10 bits per heavy atom. The van der Waals surface area contributed by atoms with Gasteiger partial charge in [-0.2, -0.15) is 0 Å². The molecule has 0 aromatic heterocycles. The van der Waals surface area contributed by atoms with Crippen molar-refractivity contribution < 1.29 is 5.11 Å². The second kappa shape index (κ2) is 5.49. The topological polar surface area (TPSA) is 23.5 Å². The summed E-state index contributed by atoms with van der Waals surface area (Å²) < 4.78 is 0. The summed E-state index contributed by atoms with van der Waals surface area (Å²) in [5.41, 5.74) is 4.24. The SMILES string of the molecule is CC(C)=CCN1C(C)CC2c3cc(O)ccc3CC1C2C. The number of aromatic hydroxyl groups is 1. The Morgan fingerprint density at radius 3 is 2.81 bits per heavy atom. The number of piperidine rings is 1. The van der Waals surface area contributed by atoms with Gasteiger partial charge in [0.1, 0.15) is 5.75 Å². The van der Waals surface area contributed by atoms with Crippen molar-refractivity contribution in [2.45, 2.75) is 58.5 Å². The summed E-state index contributed by atoms with van der Waals surface area (Å²) in [6, 6.07) is 7.22. The zero-order chi connectivity index (χ0) is 15.1. The molecule has 1 fully saturated rings. The van der Waals surface area contributed by atoms with Gasteiger partial charge < -0.3 is 5.11 Å². The standard InChI is InChI=1S/C19H27NO/c1-12(2)7-8-20-13(3)9-17-14(4)19(20)10-15-5-6-16(21)11-18(15)17/h5-7,11,13-14,17,19,21H,8-10H2,1-4H3. The second-order valence-electron chi connectivity index (χ2n) is 7.18. The van der Waals surface area contributed by atoms with E-state index in [0.29, 0.717) is 29.7 Å². The van der Waals surface area contributed by atoms with E-state index in [9.17, 15) is 5.11 Å². The smallest absolute Gasteiger partial charge is 0.115 e. The molecule has 4 unspecified atom stereocenters. The molecule has 3 rings (SSSR count). The van der Waals surface area contributed by atoms with Crippen molar-refractivity contribution in [3.05, 3.63) is 41.0 Å². The molecular formula is C19H27NO. The van der Waals surface area contributed by atoms with Crippen LogP contribution in [0.1, 0.15) is 51.2 Å². The molecule has 0 spiro atoms. The Kier molecular flexibility index (Phi) is 3.83. The summed E-state index contributed by atoms with van der Waals surface area (Å²) in [5.74, 6) is 1.68. The van der Waals surface area contributed by atoms with Gasteiger partial charge in [-0.3, -0.25) is 4.90 Å². The van der Waals surface area contributed by atoms with E-state index in [1.54, 1.807) is 0 Å². The van der Waals surface area contributed by atoms with Gasteiger partial charge in [-0.1, -0.05) is 24.6 Å². The molecule has 1 aromatic carbocycles. The van der Waals surface area contributed by atoms with Crippen LogP contribution < -0.4 is 0 Å². The fourth-order valence-corrected chi connectivity index (χ4v) is 4.27. The Bertz CT molecular complexity index is 559. The van der Waals surface area contributed by atoms with Crippen molar-refractivity contribution in [2.75, 3.05) is 6.54 Å². The van der Waals surface area contributed by atoms with E-state index < -0.39 is 0 Å². The first-order chi connectivity index (χ1) is 9.97. The Labute approximate surface area is 128 Å². The predicted octanol–water partition coefficient (Wildman–Crippen LogP) is 4.10. The lowest BCUT2D eigenvalue weighted by Gasteiger charge is -2.51. The lowest BCUT2D eigenvalue weighted by atomic mass is 9.67. The molecule has 2 bridgehead atoms. The van der Waals surface area contributed by atoms with E-state index in [-0.39, 0.29) is 0 Å². The van der Waals surface area contributed by atoms with Gasteiger partial charge in [0.15, 0.2) is 0 Å². The summed E-state index contributed by atoms with van der Waals surface area (Å²) in [6.45, 7) is 10.2. The summed E-state index contributed by atoms with van der Waals surface area (Å²) in [5, 5.41) is 9.82. The normalized spacial score (nSPS) is 31.6. The summed E-state index contributed by atoms with van der Waals surface area (Å²) in [6.07, 6.45) is 4.68. The quantitative estimate of drug-likeness (QED) is 0.827. The molecule has 2 aliphatic rings. The fraction of sp³-hybridized carbons (Fsp3) is 0.579. The Hall–Kier alpha value is -1.28. The maximum atomic E-state index is 9.82. The van der Waals surface area contributed by atoms with Crippen LogP contribution in [0.3, 0.4) is 0 Å². The van der Waals surface area contributed by atoms with Gasteiger partial charge in [0.25, 0.3) is 0 Å². The van der Waals surface area contributed by atoms with E-state index in [4.69, 9.17) is 0 Å². The first-order valence-electron chi connectivity index (χ1n) is 8.18. The highest BCUT2D eigenvalue weighted by Crippen LogP contribution is 2.46. The van der Waals surface area contributed by atoms with Gasteiger partial charge in [-0.05, 0) is 68.7 Å². The molecule has 1 N–H and O–H groups in total. The number of hydrogen-bond acceptors (Lipinski definition) is 2. The van der Waals surface area contributed by atoms with Gasteiger partial charge in [0, 0.05) is 18.6 Å². The highest BCUT2D eigenvalue weighted by molar-refractivity contribution is 5.41. The molecule has 1 heterocycles. The highest BCUT2D eigenvalue weighted by Gasteiger charge is 2.43. The number of phenols is 1. The van der Waals surface area contributed by atoms with Gasteiger partial charge in [-0.25, -0.2) is 0 Å². The molecule has 0 saturated carbocycles. The molecule has 21 heavy (non-hydrogen) atoms. The Balaban J connectivity index is 1.93. The Morgan fingerprint density at radius 1 is 1.33 bits per heavy atom. The van der Waals surface area contributed by atoms with Crippen molar-refractivity contribution in [2.24, 2.45) is 5.92 Å². The largest absolute Gasteiger partial charge is 0.508 e. The van der Waals surface area contributed by atoms with Crippen LogP contribution in [0.2, 0.25) is 0 Å². The number of likely N-dealkylation sites (tertiary alicyclic amines) is 1. The third kappa shape index (κ3) is 2.62. The molecule has 1 aromatic rings. The maximum absolute atomic E-state index is 9.82. The van der Waals surface area contributed by atoms with Crippen LogP contribution in [0.25, 0.3) is 0 Å². The zero-order valence-corrected chi connectivity index (χ0v) is 13.6. The van der Waals surface area contributed by atoms with Crippen molar-refractivity contribution in [1.82, 2.24) is 4.90 Å². The second-order valence-corrected chi connectivity index (χ2v) is 7.18. The first kappa shape index (κ1) is 14.6. The number of fused-ring (bicyclic) bond motifs is 4. The first-order valence-corrected chi connectivity index (χ1v) is 8.18. The lowest BCUT2D eigenvalue weighted by Crippen LogP contribution is -2.55. The van der Waals surface area contributed by atoms with Gasteiger partial charge >= 0.3 is 0 Å².